The van der Waals surface area contributed by atoms with Crippen molar-refractivity contribution in [3.05, 3.63) is 0 Å². The first-order valence-corrected chi connectivity index (χ1v) is 12.1. The lowest BCUT2D eigenvalue weighted by atomic mass is 10.0. The molecule has 0 bridgehead atoms. The Labute approximate surface area is 162 Å². The van der Waals surface area contributed by atoms with Crippen molar-refractivity contribution < 1.29 is 1.41 Å². The summed E-state index contributed by atoms with van der Waals surface area (Å²) in [5.41, 5.74) is 2.48. The lowest BCUT2D eigenvalue weighted by Gasteiger charge is -2.04. The summed E-state index contributed by atoms with van der Waals surface area (Å²) in [7, 11) is 0. The van der Waals surface area contributed by atoms with E-state index in [1.807, 2.05) is 0 Å². The molecule has 0 atom stereocenters. The van der Waals surface area contributed by atoms with Gasteiger partial charge in [-0.3, -0.25) is 0 Å². The molecule has 2 N–H and O–H groups in total. The normalized spacial score (nSPS) is 11.8. The van der Waals surface area contributed by atoms with Crippen molar-refractivity contribution >= 4 is 0 Å². The van der Waals surface area contributed by atoms with Crippen LogP contribution in [0.25, 0.3) is 0 Å². The number of rotatable bonds is 23. The number of unbranched alkanes of at least 4 members (excludes halogenated alkanes) is 21. The molecule has 0 rings (SSSR count). The van der Waals surface area contributed by atoms with Gasteiger partial charge < -0.3 is 5.73 Å². The maximum atomic E-state index is 6.87. The van der Waals surface area contributed by atoms with Gasteiger partial charge in [0.25, 0.3) is 0 Å². The van der Waals surface area contributed by atoms with Gasteiger partial charge >= 0.3 is 0 Å². The highest BCUT2D eigenvalue weighted by Crippen LogP contribution is 2.15. The number of hydrogen-bond acceptors (Lipinski definition) is 1. The van der Waals surface area contributed by atoms with Gasteiger partial charge in [0.2, 0.25) is 0 Å². The monoisotopic (exact) mass is 354 g/mol. The van der Waals surface area contributed by atoms with E-state index in [2.05, 4.69) is 12.7 Å². The molecule has 0 saturated carbocycles. The predicted octanol–water partition coefficient (Wildman–Crippen LogP) is 8.55. The van der Waals surface area contributed by atoms with Crippen molar-refractivity contribution in [2.24, 2.45) is 5.73 Å². The third-order valence-electron chi connectivity index (χ3n) is 5.53. The average Bonchev–Trinajstić information content (AvgIpc) is 2.66. The van der Waals surface area contributed by atoms with Crippen molar-refractivity contribution in [1.82, 2.24) is 0 Å². The van der Waals surface area contributed by atoms with E-state index in [1.54, 1.807) is 0 Å². The molecule has 0 aromatic rings. The molecule has 0 radical (unpaired) electrons. The van der Waals surface area contributed by atoms with Crippen molar-refractivity contribution in [3.63, 3.8) is 0 Å². The van der Waals surface area contributed by atoms with Crippen LogP contribution < -0.4 is 5.73 Å². The molecular weight excluding hydrogens is 302 g/mol. The van der Waals surface area contributed by atoms with E-state index in [0.29, 0.717) is 0 Å². The Balaban J connectivity index is 2.95. The Morgan fingerprint density at radius 3 is 0.880 bits per heavy atom. The topological polar surface area (TPSA) is 26.0 Å². The van der Waals surface area contributed by atoms with Gasteiger partial charge in [-0.15, -0.1) is 0 Å². The van der Waals surface area contributed by atoms with Crippen LogP contribution in [0.3, 0.4) is 0 Å². The minimum Gasteiger partial charge on any atom is -0.330 e. The highest BCUT2D eigenvalue weighted by molar-refractivity contribution is 4.51. The summed E-state index contributed by atoms with van der Waals surface area (Å²) in [6, 6.07) is 0. The zero-order chi connectivity index (χ0) is 19.0. The lowest BCUT2D eigenvalue weighted by Crippen LogP contribution is -1.97. The zero-order valence-corrected chi connectivity index (χ0v) is 17.8. The second-order valence-corrected chi connectivity index (χ2v) is 8.17. The maximum absolute atomic E-state index is 6.87. The zero-order valence-electron chi connectivity index (χ0n) is 18.8. The summed E-state index contributed by atoms with van der Waals surface area (Å²) < 4.78 is 6.87. The second kappa shape index (κ2) is 24.0. The highest BCUT2D eigenvalue weighted by Gasteiger charge is 1.95. The fourth-order valence-electron chi connectivity index (χ4n) is 3.73. The lowest BCUT2D eigenvalue weighted by molar-refractivity contribution is 0.519. The summed E-state index contributed by atoms with van der Waals surface area (Å²) in [6.07, 6.45) is 31.5. The van der Waals surface area contributed by atoms with E-state index in [9.17, 15) is 0 Å². The molecule has 25 heavy (non-hydrogen) atoms. The quantitative estimate of drug-likeness (QED) is 0.183. The van der Waals surface area contributed by atoms with E-state index in [0.717, 1.165) is 6.54 Å². The Hall–Kier alpha value is -0.0400. The van der Waals surface area contributed by atoms with Gasteiger partial charge in [-0.05, 0) is 13.0 Å². The van der Waals surface area contributed by atoms with Crippen LogP contribution in [0.15, 0.2) is 0 Å². The Kier molecular flexibility index (Phi) is 22.0. The molecular formula is C24H51N. The SMILES string of the molecule is [2H]NCCCCCCCCCCCCCCCCCCCCCCCC. The van der Waals surface area contributed by atoms with Gasteiger partial charge in [0.05, 0.1) is 0 Å². The van der Waals surface area contributed by atoms with E-state index in [1.165, 1.54) is 141 Å². The first-order valence-electron chi connectivity index (χ1n) is 12.6. The molecule has 0 aliphatic carbocycles. The fraction of sp³-hybridized carbons (Fsp3) is 1.00. The van der Waals surface area contributed by atoms with Crippen LogP contribution in [0.2, 0.25) is 1.41 Å². The summed E-state index contributed by atoms with van der Waals surface area (Å²) in [5.74, 6) is 0. The largest absolute Gasteiger partial charge is 0.330 e. The summed E-state index contributed by atoms with van der Waals surface area (Å²) in [4.78, 5) is 0. The van der Waals surface area contributed by atoms with Gasteiger partial charge in [0, 0.05) is 0 Å². The first kappa shape index (κ1) is 23.0. The van der Waals surface area contributed by atoms with E-state index in [-0.39, 0.29) is 0 Å². The molecule has 0 aliphatic heterocycles. The third kappa shape index (κ3) is 24.0. The summed E-state index contributed by atoms with van der Waals surface area (Å²) >= 11 is 0. The van der Waals surface area contributed by atoms with E-state index in [4.69, 9.17) is 1.41 Å². The average molecular weight is 355 g/mol. The van der Waals surface area contributed by atoms with Crippen LogP contribution in [0, 0.1) is 0 Å². The molecule has 0 fully saturated rings. The molecule has 1 nitrogen and oxygen atoms in total. The molecule has 0 aliphatic rings. The van der Waals surface area contributed by atoms with Gasteiger partial charge in [-0.1, -0.05) is 142 Å². The first-order chi connectivity index (χ1) is 12.9. The van der Waals surface area contributed by atoms with Crippen molar-refractivity contribution in [3.8, 4) is 0 Å². The van der Waals surface area contributed by atoms with Crippen molar-refractivity contribution in [1.29, 1.82) is 0 Å². The molecule has 0 aromatic heterocycles. The molecule has 1 heteroatoms. The van der Waals surface area contributed by atoms with Crippen LogP contribution in [0.1, 0.15) is 148 Å². The third-order valence-corrected chi connectivity index (χ3v) is 5.53. The molecule has 0 aromatic carbocycles. The maximum Gasteiger partial charge on any atom is 0.118 e. The fourth-order valence-corrected chi connectivity index (χ4v) is 3.73. The molecule has 0 spiro atoms. The summed E-state index contributed by atoms with van der Waals surface area (Å²) in [6.45, 7) is 3.16. The highest BCUT2D eigenvalue weighted by atomic mass is 14.5. The van der Waals surface area contributed by atoms with Crippen LogP contribution in [0.5, 0.6) is 0 Å². The van der Waals surface area contributed by atoms with Crippen LogP contribution in [-0.2, 0) is 0 Å². The van der Waals surface area contributed by atoms with Crippen molar-refractivity contribution in [2.45, 2.75) is 148 Å². The minimum atomic E-state index is 0.860. The van der Waals surface area contributed by atoms with Gasteiger partial charge in [-0.2, -0.15) is 0 Å². The van der Waals surface area contributed by atoms with E-state index < -0.39 is 0 Å². The molecule has 0 unspecified atom stereocenters. The van der Waals surface area contributed by atoms with E-state index >= 15 is 0 Å². The van der Waals surface area contributed by atoms with Crippen LogP contribution >= 0.6 is 0 Å². The Bertz CT molecular complexity index is 208. The molecule has 152 valence electrons. The van der Waals surface area contributed by atoms with Gasteiger partial charge in [0.1, 0.15) is 1.41 Å². The van der Waals surface area contributed by atoms with Crippen molar-refractivity contribution in [2.75, 3.05) is 6.54 Å². The summed E-state index contributed by atoms with van der Waals surface area (Å²) in [5, 5.41) is 0. The van der Waals surface area contributed by atoms with Gasteiger partial charge in [-0.25, -0.2) is 0 Å². The standard InChI is InChI=1S/C24H51N/c1-2-3-4-5-6-7-8-9-10-11-12-13-14-15-16-17-18-19-20-21-22-23-24-25/h2-25H2,1H3/i/hD. The van der Waals surface area contributed by atoms with Crippen LogP contribution in [-0.4, -0.2) is 6.54 Å². The predicted molar refractivity (Wildman–Crippen MR) is 116 cm³/mol. The van der Waals surface area contributed by atoms with Crippen LogP contribution in [0.4, 0.5) is 0 Å². The second-order valence-electron chi connectivity index (χ2n) is 8.17. The molecule has 0 saturated heterocycles. The number of hydrogen-bond donors (Lipinski definition) is 1. The van der Waals surface area contributed by atoms with Gasteiger partial charge in [0.15, 0.2) is 0 Å². The Morgan fingerprint density at radius 1 is 0.400 bits per heavy atom. The number of nitrogens with two attached hydrogens (primary N) is 1. The smallest absolute Gasteiger partial charge is 0.118 e. The minimum absolute atomic E-state index is 0.860. The molecule has 0 amide bonds. The molecule has 0 heterocycles. The Morgan fingerprint density at radius 2 is 0.640 bits per heavy atom.